The summed E-state index contributed by atoms with van der Waals surface area (Å²) < 4.78 is 36.8. The average molecular weight is 511 g/mol. The van der Waals surface area contributed by atoms with Gasteiger partial charge in [-0.1, -0.05) is 26.0 Å². The number of carbonyl (C=O) groups is 4. The number of hydrogen-bond acceptors (Lipinski definition) is 6. The molecule has 2 aromatic carbocycles. The maximum atomic E-state index is 12.9. The van der Waals surface area contributed by atoms with E-state index >= 15 is 0 Å². The molecule has 0 heterocycles. The molecule has 0 fully saturated rings. The van der Waals surface area contributed by atoms with Gasteiger partial charge in [-0.25, -0.2) is 9.59 Å². The third-order valence-electron chi connectivity index (χ3n) is 4.44. The smallest absolute Gasteiger partial charge is 0.482 e. The van der Waals surface area contributed by atoms with Crippen molar-refractivity contribution in [1.29, 1.82) is 5.41 Å². The summed E-state index contributed by atoms with van der Waals surface area (Å²) in [6.07, 6.45) is -5.08. The highest BCUT2D eigenvalue weighted by atomic mass is 19.4. The second kappa shape index (κ2) is 12.9. The Balaban J connectivity index is 0.000000809. The second-order valence-corrected chi connectivity index (χ2v) is 7.56. The van der Waals surface area contributed by atoms with E-state index in [0.29, 0.717) is 22.4 Å². The molecular weight excluding hydrogens is 487 g/mol. The van der Waals surface area contributed by atoms with Crippen LogP contribution in [0.1, 0.15) is 40.1 Å². The highest BCUT2D eigenvalue weighted by Crippen LogP contribution is 2.17. The number of rotatable bonds is 9. The van der Waals surface area contributed by atoms with Crippen LogP contribution in [0.25, 0.3) is 0 Å². The first-order valence-electron chi connectivity index (χ1n) is 10.2. The molecule has 0 bridgehead atoms. The first-order chi connectivity index (χ1) is 16.6. The second-order valence-electron chi connectivity index (χ2n) is 7.56. The number of carboxylic acid groups (broad SMARTS) is 2. The lowest BCUT2D eigenvalue weighted by Crippen LogP contribution is -2.44. The van der Waals surface area contributed by atoms with Crippen LogP contribution in [0.5, 0.6) is 5.75 Å². The van der Waals surface area contributed by atoms with E-state index in [1.165, 1.54) is 24.3 Å². The highest BCUT2D eigenvalue weighted by molar-refractivity contribution is 6.05. The molecule has 0 unspecified atom stereocenters. The van der Waals surface area contributed by atoms with Gasteiger partial charge in [0.15, 0.2) is 12.4 Å². The van der Waals surface area contributed by atoms with Crippen LogP contribution in [0.3, 0.4) is 0 Å². The number of alkyl halides is 3. The van der Waals surface area contributed by atoms with Crippen molar-refractivity contribution in [2.24, 2.45) is 11.7 Å². The third kappa shape index (κ3) is 9.44. The largest absolute Gasteiger partial charge is 0.490 e. The van der Waals surface area contributed by atoms with Crippen LogP contribution >= 0.6 is 0 Å². The van der Waals surface area contributed by atoms with E-state index in [-0.39, 0.29) is 17.5 Å². The number of nitrogen functional groups attached to an aromatic ring is 1. The van der Waals surface area contributed by atoms with Crippen LogP contribution in [-0.2, 0) is 9.59 Å². The zero-order chi connectivity index (χ0) is 27.6. The Kier molecular flexibility index (Phi) is 10.6. The number of ketones is 1. The minimum atomic E-state index is -5.08. The Bertz CT molecular complexity index is 1100. The minimum absolute atomic E-state index is 0.0945. The lowest BCUT2D eigenvalue weighted by molar-refractivity contribution is -0.192. The summed E-state index contributed by atoms with van der Waals surface area (Å²) in [4.78, 5) is 44.9. The molecule has 2 aromatic rings. The summed E-state index contributed by atoms with van der Waals surface area (Å²) in [5.74, 6) is -4.45. The molecule has 1 amide bonds. The number of nitrogens with one attached hydrogen (secondary N) is 2. The molecule has 0 aliphatic heterocycles. The number of halogens is 3. The van der Waals surface area contributed by atoms with Crippen LogP contribution in [-0.4, -0.2) is 58.5 Å². The molecule has 0 spiro atoms. The molecule has 0 aliphatic rings. The molecular formula is C23H24F3N3O7. The molecule has 0 aliphatic carbocycles. The number of ether oxygens (including phenoxy) is 1. The standard InChI is InChI=1S/C21H23N3O5.C2HF3O2/c1-12(2)18(24-21(28)15-5-3-14(4-6-15)20(22)23)19(27)13-7-9-16(10-8-13)29-11-17(25)26;3-2(4,5)1(6)7/h3-10,12,18H,11H2,1-2H3,(H3,22,23)(H,24,28)(H,25,26);(H,6,7)/t18-;/m0./s1. The zero-order valence-electron chi connectivity index (χ0n) is 19.1. The van der Waals surface area contributed by atoms with E-state index in [0.717, 1.165) is 0 Å². The first-order valence-corrected chi connectivity index (χ1v) is 10.2. The number of benzene rings is 2. The predicted molar refractivity (Wildman–Crippen MR) is 121 cm³/mol. The van der Waals surface area contributed by atoms with Gasteiger partial charge in [-0.05, 0) is 42.3 Å². The third-order valence-corrected chi connectivity index (χ3v) is 4.44. The minimum Gasteiger partial charge on any atom is -0.482 e. The molecule has 194 valence electrons. The zero-order valence-corrected chi connectivity index (χ0v) is 19.1. The van der Waals surface area contributed by atoms with E-state index in [1.54, 1.807) is 24.3 Å². The number of Topliss-reactive ketones (excluding diaryl/α,β-unsaturated/α-hetero) is 1. The van der Waals surface area contributed by atoms with Crippen molar-refractivity contribution < 1.29 is 47.3 Å². The topological polar surface area (TPSA) is 180 Å². The molecule has 0 aromatic heterocycles. The number of carboxylic acids is 2. The van der Waals surface area contributed by atoms with E-state index in [9.17, 15) is 27.6 Å². The van der Waals surface area contributed by atoms with Crippen molar-refractivity contribution in [3.05, 3.63) is 65.2 Å². The molecule has 10 nitrogen and oxygen atoms in total. The van der Waals surface area contributed by atoms with Gasteiger partial charge < -0.3 is 26.0 Å². The molecule has 1 atom stereocenters. The number of hydrogen-bond donors (Lipinski definition) is 5. The van der Waals surface area contributed by atoms with E-state index < -0.39 is 36.7 Å². The summed E-state index contributed by atoms with van der Waals surface area (Å²) in [7, 11) is 0. The van der Waals surface area contributed by atoms with Gasteiger partial charge in [0.25, 0.3) is 5.91 Å². The lowest BCUT2D eigenvalue weighted by Gasteiger charge is -2.21. The van der Waals surface area contributed by atoms with Gasteiger partial charge in [0.2, 0.25) is 0 Å². The summed E-state index contributed by atoms with van der Waals surface area (Å²) >= 11 is 0. The van der Waals surface area contributed by atoms with Crippen molar-refractivity contribution in [3.63, 3.8) is 0 Å². The van der Waals surface area contributed by atoms with Crippen LogP contribution in [0, 0.1) is 11.3 Å². The molecule has 0 radical (unpaired) electrons. The Hall–Kier alpha value is -4.42. The molecule has 0 saturated carbocycles. The van der Waals surface area contributed by atoms with Gasteiger partial charge in [0.05, 0.1) is 6.04 Å². The molecule has 36 heavy (non-hydrogen) atoms. The molecule has 6 N–H and O–H groups in total. The molecule has 13 heteroatoms. The quantitative estimate of drug-likeness (QED) is 0.194. The summed E-state index contributed by atoms with van der Waals surface area (Å²) in [5, 5.41) is 25.9. The predicted octanol–water partition coefficient (Wildman–Crippen LogP) is 2.70. The lowest BCUT2D eigenvalue weighted by atomic mass is 9.94. The Labute approximate surface area is 203 Å². The summed E-state index contributed by atoms with van der Waals surface area (Å²) in [5.41, 5.74) is 6.64. The van der Waals surface area contributed by atoms with Crippen molar-refractivity contribution in [3.8, 4) is 5.75 Å². The van der Waals surface area contributed by atoms with Crippen molar-refractivity contribution in [2.75, 3.05) is 6.61 Å². The number of carbonyl (C=O) groups excluding carboxylic acids is 2. The number of nitrogens with two attached hydrogens (primary N) is 1. The van der Waals surface area contributed by atoms with Crippen LogP contribution in [0.2, 0.25) is 0 Å². The number of aliphatic carboxylic acids is 2. The van der Waals surface area contributed by atoms with E-state index in [4.69, 9.17) is 30.9 Å². The van der Waals surface area contributed by atoms with E-state index in [2.05, 4.69) is 5.32 Å². The number of amides is 1. The monoisotopic (exact) mass is 511 g/mol. The molecule has 2 rings (SSSR count). The van der Waals surface area contributed by atoms with Crippen molar-refractivity contribution in [2.45, 2.75) is 26.1 Å². The Morgan fingerprint density at radius 1 is 0.944 bits per heavy atom. The van der Waals surface area contributed by atoms with Crippen molar-refractivity contribution in [1.82, 2.24) is 5.32 Å². The number of amidine groups is 1. The Morgan fingerprint density at radius 2 is 1.39 bits per heavy atom. The van der Waals surface area contributed by atoms with Gasteiger partial charge in [-0.15, -0.1) is 0 Å². The highest BCUT2D eigenvalue weighted by Gasteiger charge is 2.38. The Morgan fingerprint density at radius 3 is 1.78 bits per heavy atom. The van der Waals surface area contributed by atoms with Crippen LogP contribution in [0.4, 0.5) is 13.2 Å². The van der Waals surface area contributed by atoms with Gasteiger partial charge in [0.1, 0.15) is 11.6 Å². The summed E-state index contributed by atoms with van der Waals surface area (Å²) in [6.45, 7) is 3.18. The van der Waals surface area contributed by atoms with E-state index in [1.807, 2.05) is 13.8 Å². The SMILES string of the molecule is CC(C)[C@H](NC(=O)c1ccc(C(=N)N)cc1)C(=O)c1ccc(OCC(=O)O)cc1.O=C(O)C(F)(F)F. The fourth-order valence-electron chi connectivity index (χ4n) is 2.60. The van der Waals surface area contributed by atoms with Crippen molar-refractivity contribution >= 4 is 29.5 Å². The molecule has 0 saturated heterocycles. The average Bonchev–Trinajstić information content (AvgIpc) is 2.80. The fraction of sp³-hybridized carbons (Fsp3) is 0.261. The van der Waals surface area contributed by atoms with Crippen LogP contribution in [0.15, 0.2) is 48.5 Å². The maximum absolute atomic E-state index is 12.9. The summed E-state index contributed by atoms with van der Waals surface area (Å²) in [6, 6.07) is 11.6. The fourth-order valence-corrected chi connectivity index (χ4v) is 2.60. The first kappa shape index (κ1) is 29.6. The van der Waals surface area contributed by atoms with Gasteiger partial charge in [-0.3, -0.25) is 15.0 Å². The maximum Gasteiger partial charge on any atom is 0.490 e. The normalized spacial score (nSPS) is 11.5. The van der Waals surface area contributed by atoms with Gasteiger partial charge >= 0.3 is 18.1 Å². The van der Waals surface area contributed by atoms with Gasteiger partial charge in [-0.2, -0.15) is 13.2 Å². The van der Waals surface area contributed by atoms with Crippen LogP contribution < -0.4 is 15.8 Å². The van der Waals surface area contributed by atoms with Gasteiger partial charge in [0, 0.05) is 16.7 Å².